The summed E-state index contributed by atoms with van der Waals surface area (Å²) in [5.41, 5.74) is 5.42. The lowest BCUT2D eigenvalue weighted by atomic mass is 10.1. The predicted molar refractivity (Wildman–Crippen MR) is 122 cm³/mol. The molecule has 1 amide bonds. The quantitative estimate of drug-likeness (QED) is 0.354. The summed E-state index contributed by atoms with van der Waals surface area (Å²) in [6, 6.07) is 20.1. The fraction of sp³-hybridized carbons (Fsp3) is 0.130. The number of rotatable bonds is 4. The summed E-state index contributed by atoms with van der Waals surface area (Å²) in [5.74, 6) is 1.03. The summed E-state index contributed by atoms with van der Waals surface area (Å²) < 4.78 is 0. The number of benzene rings is 3. The summed E-state index contributed by atoms with van der Waals surface area (Å²) in [5, 5.41) is 10.7. The minimum atomic E-state index is -0.424. The number of carbonyl (C=O) groups excluding carboxylic acids is 1. The van der Waals surface area contributed by atoms with Crippen LogP contribution in [0, 0.1) is 17.0 Å². The SMILES string of the molecule is Cc1ccc2nc(-c3ccccc3N3C(=O)CSC3c3ccc([N+](=O)[O-])cc3)[nH]c2c1. The first-order chi connectivity index (χ1) is 15.0. The molecule has 1 unspecified atom stereocenters. The highest BCUT2D eigenvalue weighted by molar-refractivity contribution is 8.00. The Balaban J connectivity index is 1.58. The third kappa shape index (κ3) is 3.44. The summed E-state index contributed by atoms with van der Waals surface area (Å²) in [6.07, 6.45) is 0. The monoisotopic (exact) mass is 430 g/mol. The van der Waals surface area contributed by atoms with Crippen molar-refractivity contribution in [3.63, 3.8) is 0 Å². The summed E-state index contributed by atoms with van der Waals surface area (Å²) in [7, 11) is 0. The van der Waals surface area contributed by atoms with Crippen molar-refractivity contribution < 1.29 is 9.72 Å². The van der Waals surface area contributed by atoms with Crippen LogP contribution in [-0.2, 0) is 4.79 Å². The smallest absolute Gasteiger partial charge is 0.269 e. The van der Waals surface area contributed by atoms with E-state index in [-0.39, 0.29) is 17.0 Å². The van der Waals surface area contributed by atoms with Gasteiger partial charge in [0, 0.05) is 17.7 Å². The number of amides is 1. The van der Waals surface area contributed by atoms with E-state index in [4.69, 9.17) is 4.98 Å². The van der Waals surface area contributed by atoms with Crippen molar-refractivity contribution in [2.24, 2.45) is 0 Å². The van der Waals surface area contributed by atoms with Gasteiger partial charge < -0.3 is 4.98 Å². The van der Waals surface area contributed by atoms with Crippen molar-refractivity contribution in [2.75, 3.05) is 10.7 Å². The maximum Gasteiger partial charge on any atom is 0.269 e. The molecular formula is C23H18N4O3S. The lowest BCUT2D eigenvalue weighted by molar-refractivity contribution is -0.384. The van der Waals surface area contributed by atoms with E-state index in [0.29, 0.717) is 11.6 Å². The van der Waals surface area contributed by atoms with E-state index in [1.165, 1.54) is 23.9 Å². The molecule has 7 nitrogen and oxygen atoms in total. The number of fused-ring (bicyclic) bond motifs is 1. The molecule has 8 heteroatoms. The zero-order chi connectivity index (χ0) is 21.5. The number of hydrogen-bond acceptors (Lipinski definition) is 5. The number of hydrogen-bond donors (Lipinski definition) is 1. The second-order valence-corrected chi connectivity index (χ2v) is 8.47. The van der Waals surface area contributed by atoms with Crippen LogP contribution in [0.25, 0.3) is 22.4 Å². The molecule has 1 aromatic heterocycles. The van der Waals surface area contributed by atoms with Gasteiger partial charge >= 0.3 is 0 Å². The molecule has 154 valence electrons. The van der Waals surface area contributed by atoms with Gasteiger partial charge in [0.25, 0.3) is 5.69 Å². The molecule has 1 N–H and O–H groups in total. The maximum atomic E-state index is 12.9. The van der Waals surface area contributed by atoms with E-state index in [2.05, 4.69) is 4.98 Å². The molecule has 4 aromatic rings. The van der Waals surface area contributed by atoms with Crippen LogP contribution in [0.4, 0.5) is 11.4 Å². The Labute approximate surface area is 182 Å². The number of imidazole rings is 1. The van der Waals surface area contributed by atoms with Crippen LogP contribution in [-0.4, -0.2) is 26.6 Å². The van der Waals surface area contributed by atoms with Crippen molar-refractivity contribution in [3.05, 3.63) is 88.0 Å². The van der Waals surface area contributed by atoms with Gasteiger partial charge in [0.05, 0.1) is 27.4 Å². The van der Waals surface area contributed by atoms with Crippen LogP contribution >= 0.6 is 11.8 Å². The molecule has 1 atom stereocenters. The number of anilines is 1. The first-order valence-electron chi connectivity index (χ1n) is 9.75. The highest BCUT2D eigenvalue weighted by atomic mass is 32.2. The molecule has 0 radical (unpaired) electrons. The van der Waals surface area contributed by atoms with Gasteiger partial charge in [0.15, 0.2) is 0 Å². The lowest BCUT2D eigenvalue weighted by Gasteiger charge is -2.26. The predicted octanol–water partition coefficient (Wildman–Crippen LogP) is 5.23. The Kier molecular flexibility index (Phi) is 4.71. The van der Waals surface area contributed by atoms with Gasteiger partial charge in [-0.2, -0.15) is 0 Å². The standard InChI is InChI=1S/C23H18N4O3S/c1-14-6-11-18-19(12-14)25-22(24-18)17-4-2-3-5-20(17)26-21(28)13-31-23(26)15-7-9-16(10-8-15)27(29)30/h2-12,23H,13H2,1H3,(H,24,25). The fourth-order valence-electron chi connectivity index (χ4n) is 3.83. The highest BCUT2D eigenvalue weighted by Gasteiger charge is 2.35. The average molecular weight is 430 g/mol. The van der Waals surface area contributed by atoms with Crippen molar-refractivity contribution in [1.29, 1.82) is 0 Å². The number of aryl methyl sites for hydroxylation is 1. The third-order valence-corrected chi connectivity index (χ3v) is 6.53. The molecule has 1 fully saturated rings. The van der Waals surface area contributed by atoms with Crippen LogP contribution < -0.4 is 4.90 Å². The van der Waals surface area contributed by atoms with E-state index in [9.17, 15) is 14.9 Å². The molecule has 0 aliphatic carbocycles. The first kappa shape index (κ1) is 19.3. The minimum Gasteiger partial charge on any atom is -0.338 e. The van der Waals surface area contributed by atoms with Crippen LogP contribution in [0.15, 0.2) is 66.7 Å². The number of para-hydroxylation sites is 1. The number of nitro benzene ring substituents is 1. The largest absolute Gasteiger partial charge is 0.338 e. The number of aromatic nitrogens is 2. The molecule has 5 rings (SSSR count). The maximum absolute atomic E-state index is 12.9. The molecule has 1 saturated heterocycles. The van der Waals surface area contributed by atoms with Gasteiger partial charge in [-0.25, -0.2) is 4.98 Å². The fourth-order valence-corrected chi connectivity index (χ4v) is 5.00. The lowest BCUT2D eigenvalue weighted by Crippen LogP contribution is -2.28. The normalized spacial score (nSPS) is 16.2. The second kappa shape index (κ2) is 7.55. The van der Waals surface area contributed by atoms with E-state index in [1.807, 2.05) is 49.4 Å². The second-order valence-electron chi connectivity index (χ2n) is 7.40. The Morgan fingerprint density at radius 3 is 2.68 bits per heavy atom. The minimum absolute atomic E-state index is 0.00671. The van der Waals surface area contributed by atoms with Gasteiger partial charge in [-0.05, 0) is 54.4 Å². The molecule has 1 aliphatic rings. The number of carbonyl (C=O) groups is 1. The molecule has 31 heavy (non-hydrogen) atoms. The van der Waals surface area contributed by atoms with Gasteiger partial charge in [-0.15, -0.1) is 11.8 Å². The molecule has 0 saturated carbocycles. The number of nitrogens with zero attached hydrogens (tertiary/aromatic N) is 3. The van der Waals surface area contributed by atoms with Crippen molar-refractivity contribution in [1.82, 2.24) is 9.97 Å². The molecule has 0 spiro atoms. The van der Waals surface area contributed by atoms with Gasteiger partial charge in [-0.1, -0.05) is 18.2 Å². The molecule has 1 aliphatic heterocycles. The number of thioether (sulfide) groups is 1. The van der Waals surface area contributed by atoms with Gasteiger partial charge in [0.2, 0.25) is 5.91 Å². The van der Waals surface area contributed by atoms with Crippen LogP contribution in [0.1, 0.15) is 16.5 Å². The summed E-state index contributed by atoms with van der Waals surface area (Å²) >= 11 is 1.51. The summed E-state index contributed by atoms with van der Waals surface area (Å²) in [4.78, 5) is 33.3. The molecule has 2 heterocycles. The zero-order valence-corrected chi connectivity index (χ0v) is 17.4. The zero-order valence-electron chi connectivity index (χ0n) is 16.6. The van der Waals surface area contributed by atoms with Crippen LogP contribution in [0.5, 0.6) is 0 Å². The highest BCUT2D eigenvalue weighted by Crippen LogP contribution is 2.45. The number of nitrogens with one attached hydrogen (secondary N) is 1. The van der Waals surface area contributed by atoms with E-state index in [0.717, 1.165) is 33.4 Å². The van der Waals surface area contributed by atoms with Crippen molar-refractivity contribution >= 4 is 40.1 Å². The van der Waals surface area contributed by atoms with Crippen LogP contribution in [0.2, 0.25) is 0 Å². The first-order valence-corrected chi connectivity index (χ1v) is 10.8. The summed E-state index contributed by atoms with van der Waals surface area (Å²) in [6.45, 7) is 2.03. The van der Waals surface area contributed by atoms with Crippen LogP contribution in [0.3, 0.4) is 0 Å². The Morgan fingerprint density at radius 2 is 1.90 bits per heavy atom. The van der Waals surface area contributed by atoms with E-state index >= 15 is 0 Å². The number of aromatic amines is 1. The molecule has 3 aromatic carbocycles. The van der Waals surface area contributed by atoms with E-state index in [1.54, 1.807) is 17.0 Å². The van der Waals surface area contributed by atoms with Crippen molar-refractivity contribution in [3.8, 4) is 11.4 Å². The number of nitro groups is 1. The van der Waals surface area contributed by atoms with Gasteiger partial charge in [0.1, 0.15) is 11.2 Å². The third-order valence-electron chi connectivity index (χ3n) is 5.31. The Bertz CT molecular complexity index is 1320. The molecular weight excluding hydrogens is 412 g/mol. The number of H-pyrrole nitrogens is 1. The van der Waals surface area contributed by atoms with Gasteiger partial charge in [-0.3, -0.25) is 19.8 Å². The Hall–Kier alpha value is -3.65. The van der Waals surface area contributed by atoms with E-state index < -0.39 is 4.92 Å². The average Bonchev–Trinajstić information content (AvgIpc) is 3.36. The Morgan fingerprint density at radius 1 is 1.13 bits per heavy atom. The topological polar surface area (TPSA) is 92.1 Å². The molecule has 0 bridgehead atoms. The number of non-ortho nitro benzene ring substituents is 1. The van der Waals surface area contributed by atoms with Crippen molar-refractivity contribution in [2.45, 2.75) is 12.3 Å².